The Morgan fingerprint density at radius 3 is 2.79 bits per heavy atom. The van der Waals surface area contributed by atoms with Crippen LogP contribution in [-0.4, -0.2) is 22.7 Å². The van der Waals surface area contributed by atoms with Gasteiger partial charge in [0.2, 0.25) is 0 Å². The number of nitrogens with zero attached hydrogens (tertiary/aromatic N) is 1. The smallest absolute Gasteiger partial charge is 0.354 e. The van der Waals surface area contributed by atoms with E-state index in [9.17, 15) is 13.6 Å². The molecular formula is C9H9F2NO2. The maximum atomic E-state index is 12.8. The van der Waals surface area contributed by atoms with Gasteiger partial charge in [-0.3, -0.25) is 0 Å². The van der Waals surface area contributed by atoms with Gasteiger partial charge in [0.25, 0.3) is 0 Å². The summed E-state index contributed by atoms with van der Waals surface area (Å²) in [5, 5.41) is 8.67. The first-order chi connectivity index (χ1) is 6.56. The first kappa shape index (κ1) is 10.6. The van der Waals surface area contributed by atoms with Gasteiger partial charge >= 0.3 is 5.97 Å². The van der Waals surface area contributed by atoms with Crippen molar-refractivity contribution in [1.29, 1.82) is 0 Å². The van der Waals surface area contributed by atoms with Crippen LogP contribution >= 0.6 is 0 Å². The molecule has 3 nitrogen and oxygen atoms in total. The molecule has 1 heterocycles. The van der Waals surface area contributed by atoms with Gasteiger partial charge in [-0.05, 0) is 18.6 Å². The molecule has 0 aromatic carbocycles. The molecule has 1 rings (SSSR count). The van der Waals surface area contributed by atoms with E-state index < -0.39 is 18.8 Å². The summed E-state index contributed by atoms with van der Waals surface area (Å²) >= 11 is 0. The second-order valence-corrected chi connectivity index (χ2v) is 2.83. The number of carbonyl (C=O) groups is 1. The Labute approximate surface area is 79.4 Å². The van der Waals surface area contributed by atoms with E-state index in [2.05, 4.69) is 4.98 Å². The number of alkyl halides is 2. The maximum absolute atomic E-state index is 12.8. The third-order valence-electron chi connectivity index (χ3n) is 1.78. The van der Waals surface area contributed by atoms with Crippen LogP contribution in [0.25, 0.3) is 0 Å². The zero-order valence-electron chi connectivity index (χ0n) is 7.50. The molecule has 0 fully saturated rings. The molecule has 1 aromatic heterocycles. The molecule has 0 spiro atoms. The Morgan fingerprint density at radius 2 is 2.29 bits per heavy atom. The highest BCUT2D eigenvalue weighted by Gasteiger charge is 2.15. The van der Waals surface area contributed by atoms with E-state index in [1.54, 1.807) is 6.92 Å². The number of pyridine rings is 1. The van der Waals surface area contributed by atoms with Crippen LogP contribution in [0.3, 0.4) is 0 Å². The molecule has 0 aliphatic rings. The maximum Gasteiger partial charge on any atom is 0.354 e. The van der Waals surface area contributed by atoms with Gasteiger partial charge in [0.05, 0.1) is 5.69 Å². The fourth-order valence-corrected chi connectivity index (χ4v) is 1.01. The van der Waals surface area contributed by atoms with Gasteiger partial charge in [0.15, 0.2) is 11.9 Å². The van der Waals surface area contributed by atoms with Crippen LogP contribution in [0.4, 0.5) is 8.78 Å². The lowest BCUT2D eigenvalue weighted by atomic mass is 10.1. The van der Waals surface area contributed by atoms with Crippen molar-refractivity contribution in [2.45, 2.75) is 13.1 Å². The molecule has 0 amide bonds. The van der Waals surface area contributed by atoms with Crippen LogP contribution in [0.1, 0.15) is 27.9 Å². The minimum atomic E-state index is -1.85. The minimum absolute atomic E-state index is 0.185. The van der Waals surface area contributed by atoms with Crippen molar-refractivity contribution in [3.63, 3.8) is 0 Å². The highest BCUT2D eigenvalue weighted by molar-refractivity contribution is 5.86. The van der Waals surface area contributed by atoms with Crippen LogP contribution in [0.5, 0.6) is 0 Å². The van der Waals surface area contributed by atoms with E-state index in [1.807, 2.05) is 0 Å². The largest absolute Gasteiger partial charge is 0.477 e. The predicted octanol–water partition coefficient (Wildman–Crippen LogP) is 2.07. The lowest BCUT2D eigenvalue weighted by Gasteiger charge is -2.05. The highest BCUT2D eigenvalue weighted by atomic mass is 19.2. The first-order valence-electron chi connectivity index (χ1n) is 3.97. The lowest BCUT2D eigenvalue weighted by molar-refractivity contribution is 0.0689. The summed E-state index contributed by atoms with van der Waals surface area (Å²) in [6.45, 7) is 0.345. The van der Waals surface area contributed by atoms with E-state index in [4.69, 9.17) is 5.11 Å². The summed E-state index contributed by atoms with van der Waals surface area (Å²) in [6.07, 6.45) is -1.85. The fourth-order valence-electron chi connectivity index (χ4n) is 1.01. The second-order valence-electron chi connectivity index (χ2n) is 2.83. The topological polar surface area (TPSA) is 50.2 Å². The molecule has 0 aliphatic heterocycles. The summed E-state index contributed by atoms with van der Waals surface area (Å²) in [5.41, 5.74) is 0.00130. The molecule has 0 radical (unpaired) electrons. The molecule has 0 bridgehead atoms. The van der Waals surface area contributed by atoms with Crippen molar-refractivity contribution in [2.24, 2.45) is 0 Å². The Balaban J connectivity index is 3.12. The summed E-state index contributed by atoms with van der Waals surface area (Å²) in [5.74, 6) is -1.24. The second kappa shape index (κ2) is 4.13. The molecule has 1 aromatic rings. The molecule has 1 N–H and O–H groups in total. The molecule has 5 heteroatoms. The summed E-state index contributed by atoms with van der Waals surface area (Å²) in [6, 6.07) is 2.69. The Hall–Kier alpha value is -1.52. The van der Waals surface area contributed by atoms with Crippen molar-refractivity contribution in [3.8, 4) is 0 Å². The number of halogens is 2. The summed E-state index contributed by atoms with van der Waals surface area (Å²) in [4.78, 5) is 14.1. The number of carboxylic acid groups (broad SMARTS) is 1. The SMILES string of the molecule is Cc1ccc(C(F)CF)nc1C(=O)O. The average Bonchev–Trinajstić information content (AvgIpc) is 2.17. The molecule has 0 saturated heterocycles. The molecule has 0 saturated carbocycles. The van der Waals surface area contributed by atoms with Crippen molar-refractivity contribution >= 4 is 5.97 Å². The van der Waals surface area contributed by atoms with Crippen molar-refractivity contribution in [2.75, 3.05) is 6.67 Å². The lowest BCUT2D eigenvalue weighted by Crippen LogP contribution is -2.07. The van der Waals surface area contributed by atoms with Crippen LogP contribution in [0.2, 0.25) is 0 Å². The van der Waals surface area contributed by atoms with Gasteiger partial charge in [0, 0.05) is 0 Å². The van der Waals surface area contributed by atoms with Crippen LogP contribution in [0.15, 0.2) is 12.1 Å². The number of hydrogen-bond acceptors (Lipinski definition) is 2. The number of carboxylic acids is 1. The van der Waals surface area contributed by atoms with Crippen LogP contribution < -0.4 is 0 Å². The zero-order valence-corrected chi connectivity index (χ0v) is 7.50. The van der Waals surface area contributed by atoms with Crippen molar-refractivity contribution < 1.29 is 18.7 Å². The first-order valence-corrected chi connectivity index (χ1v) is 3.97. The number of aromatic nitrogens is 1. The third-order valence-corrected chi connectivity index (χ3v) is 1.78. The number of aromatic carboxylic acids is 1. The van der Waals surface area contributed by atoms with E-state index >= 15 is 0 Å². The number of hydrogen-bond donors (Lipinski definition) is 1. The Kier molecular flexibility index (Phi) is 3.11. The monoisotopic (exact) mass is 201 g/mol. The highest BCUT2D eigenvalue weighted by Crippen LogP contribution is 2.17. The van der Waals surface area contributed by atoms with Crippen LogP contribution in [-0.2, 0) is 0 Å². The van der Waals surface area contributed by atoms with E-state index in [0.717, 1.165) is 0 Å². The normalized spacial score (nSPS) is 12.5. The van der Waals surface area contributed by atoms with Crippen molar-refractivity contribution in [3.05, 3.63) is 29.1 Å². The van der Waals surface area contributed by atoms with Gasteiger partial charge < -0.3 is 5.11 Å². The molecule has 1 unspecified atom stereocenters. The molecule has 76 valence electrons. The minimum Gasteiger partial charge on any atom is -0.477 e. The van der Waals surface area contributed by atoms with Gasteiger partial charge in [0.1, 0.15) is 6.67 Å². The molecular weight excluding hydrogens is 192 g/mol. The third kappa shape index (κ3) is 2.04. The van der Waals surface area contributed by atoms with E-state index in [0.29, 0.717) is 5.56 Å². The van der Waals surface area contributed by atoms with Crippen molar-refractivity contribution in [1.82, 2.24) is 4.98 Å². The number of rotatable bonds is 3. The molecule has 1 atom stereocenters. The zero-order chi connectivity index (χ0) is 10.7. The average molecular weight is 201 g/mol. The molecule has 14 heavy (non-hydrogen) atoms. The van der Waals surface area contributed by atoms with E-state index in [1.165, 1.54) is 12.1 Å². The van der Waals surface area contributed by atoms with E-state index in [-0.39, 0.29) is 11.4 Å². The van der Waals surface area contributed by atoms with Gasteiger partial charge in [-0.2, -0.15) is 0 Å². The summed E-state index contributed by atoms with van der Waals surface area (Å²) < 4.78 is 24.8. The van der Waals surface area contributed by atoms with Crippen LogP contribution in [0, 0.1) is 6.92 Å². The van der Waals surface area contributed by atoms with Gasteiger partial charge in [-0.25, -0.2) is 18.6 Å². The standard InChI is InChI=1S/C9H9F2NO2/c1-5-2-3-7(6(11)4-10)12-8(5)9(13)14/h2-3,6H,4H2,1H3,(H,13,14). The number of aryl methyl sites for hydroxylation is 1. The molecule has 0 aliphatic carbocycles. The summed E-state index contributed by atoms with van der Waals surface area (Å²) in [7, 11) is 0. The fraction of sp³-hybridized carbons (Fsp3) is 0.333. The predicted molar refractivity (Wildman–Crippen MR) is 45.8 cm³/mol. The quantitative estimate of drug-likeness (QED) is 0.814. The van der Waals surface area contributed by atoms with Gasteiger partial charge in [-0.15, -0.1) is 0 Å². The Bertz CT molecular complexity index is 355. The Morgan fingerprint density at radius 1 is 1.64 bits per heavy atom. The van der Waals surface area contributed by atoms with Gasteiger partial charge in [-0.1, -0.05) is 6.07 Å².